The number of hydrogen-bond acceptors (Lipinski definition) is 3. The third-order valence-corrected chi connectivity index (χ3v) is 3.52. The molecule has 1 aliphatic carbocycles. The number of fused-ring (bicyclic) bond motifs is 1. The molecular formula is C12H13NO3. The minimum atomic E-state index is -1.05. The van der Waals surface area contributed by atoms with E-state index in [1.807, 2.05) is 18.2 Å². The highest BCUT2D eigenvalue weighted by atomic mass is 16.5. The predicted octanol–water partition coefficient (Wildman–Crippen LogP) is 0.891. The van der Waals surface area contributed by atoms with E-state index < -0.39 is 11.5 Å². The van der Waals surface area contributed by atoms with Crippen molar-refractivity contribution in [2.45, 2.75) is 24.3 Å². The van der Waals surface area contributed by atoms with Crippen molar-refractivity contribution >= 4 is 5.97 Å². The molecule has 0 amide bonds. The Kier molecular flexibility index (Phi) is 1.80. The molecule has 0 radical (unpaired) electrons. The van der Waals surface area contributed by atoms with Gasteiger partial charge in [0, 0.05) is 12.3 Å². The standard InChI is InChI=1S/C12H13NO3/c13-12(11(14)15)6-9(12)7-1-2-10-8(5-7)3-4-16-10/h1-2,5,9H,3-4,6,13H2,(H,14,15)/t9-,12-/m0/s1. The van der Waals surface area contributed by atoms with Gasteiger partial charge in [0.25, 0.3) is 0 Å². The Morgan fingerprint density at radius 2 is 2.38 bits per heavy atom. The Bertz CT molecular complexity index is 471. The van der Waals surface area contributed by atoms with E-state index in [0.717, 1.165) is 29.9 Å². The summed E-state index contributed by atoms with van der Waals surface area (Å²) in [6, 6.07) is 5.87. The summed E-state index contributed by atoms with van der Waals surface area (Å²) in [6.45, 7) is 0.718. The van der Waals surface area contributed by atoms with Gasteiger partial charge in [-0.1, -0.05) is 12.1 Å². The molecule has 1 aromatic carbocycles. The summed E-state index contributed by atoms with van der Waals surface area (Å²) >= 11 is 0. The molecule has 3 rings (SSSR count). The quantitative estimate of drug-likeness (QED) is 0.774. The van der Waals surface area contributed by atoms with Gasteiger partial charge >= 0.3 is 5.97 Å². The number of benzene rings is 1. The van der Waals surface area contributed by atoms with Crippen LogP contribution in [0.1, 0.15) is 23.5 Å². The van der Waals surface area contributed by atoms with Gasteiger partial charge in [-0.2, -0.15) is 0 Å². The van der Waals surface area contributed by atoms with E-state index in [9.17, 15) is 4.79 Å². The minimum absolute atomic E-state index is 0.0455. The van der Waals surface area contributed by atoms with E-state index in [1.54, 1.807) is 0 Å². The maximum absolute atomic E-state index is 11.0. The summed E-state index contributed by atoms with van der Waals surface area (Å²) in [5, 5.41) is 8.99. The Hall–Kier alpha value is -1.55. The molecule has 0 saturated heterocycles. The van der Waals surface area contributed by atoms with Gasteiger partial charge in [-0.3, -0.25) is 4.79 Å². The molecule has 1 saturated carbocycles. The Morgan fingerprint density at radius 1 is 1.56 bits per heavy atom. The first-order valence-electron chi connectivity index (χ1n) is 5.39. The van der Waals surface area contributed by atoms with Gasteiger partial charge in [0.05, 0.1) is 6.61 Å². The summed E-state index contributed by atoms with van der Waals surface area (Å²) in [7, 11) is 0. The van der Waals surface area contributed by atoms with E-state index in [4.69, 9.17) is 15.6 Å². The second kappa shape index (κ2) is 2.98. The van der Waals surface area contributed by atoms with Crippen LogP contribution in [0, 0.1) is 0 Å². The number of ether oxygens (including phenoxy) is 1. The number of carboxylic acid groups (broad SMARTS) is 1. The van der Waals surface area contributed by atoms with E-state index >= 15 is 0 Å². The molecule has 1 aromatic rings. The number of rotatable bonds is 2. The second-order valence-corrected chi connectivity index (χ2v) is 4.57. The van der Waals surface area contributed by atoms with Crippen LogP contribution in [-0.2, 0) is 11.2 Å². The Labute approximate surface area is 93.0 Å². The predicted molar refractivity (Wildman–Crippen MR) is 57.6 cm³/mol. The second-order valence-electron chi connectivity index (χ2n) is 4.57. The van der Waals surface area contributed by atoms with Gasteiger partial charge in [-0.05, 0) is 23.6 Å². The number of carboxylic acids is 1. The third-order valence-electron chi connectivity index (χ3n) is 3.52. The van der Waals surface area contributed by atoms with Crippen LogP contribution in [0.15, 0.2) is 18.2 Å². The molecule has 0 aromatic heterocycles. The topological polar surface area (TPSA) is 72.6 Å². The van der Waals surface area contributed by atoms with E-state index in [1.165, 1.54) is 0 Å². The summed E-state index contributed by atoms with van der Waals surface area (Å²) < 4.78 is 5.41. The lowest BCUT2D eigenvalue weighted by atomic mass is 10.0. The smallest absolute Gasteiger partial charge is 0.324 e. The number of aliphatic carboxylic acids is 1. The molecule has 3 N–H and O–H groups in total. The van der Waals surface area contributed by atoms with Crippen LogP contribution >= 0.6 is 0 Å². The molecule has 4 nitrogen and oxygen atoms in total. The van der Waals surface area contributed by atoms with Gasteiger partial charge in [-0.15, -0.1) is 0 Å². The molecule has 1 heterocycles. The van der Waals surface area contributed by atoms with Crippen molar-refractivity contribution in [3.63, 3.8) is 0 Å². The zero-order valence-corrected chi connectivity index (χ0v) is 8.77. The normalized spacial score (nSPS) is 30.7. The van der Waals surface area contributed by atoms with Crippen molar-refractivity contribution in [1.29, 1.82) is 0 Å². The molecule has 2 atom stereocenters. The van der Waals surface area contributed by atoms with E-state index in [-0.39, 0.29) is 5.92 Å². The molecule has 1 aliphatic heterocycles. The molecule has 2 aliphatic rings. The monoisotopic (exact) mass is 219 g/mol. The number of nitrogens with two attached hydrogens (primary N) is 1. The first kappa shape index (κ1) is 9.66. The molecule has 84 valence electrons. The first-order valence-corrected chi connectivity index (χ1v) is 5.39. The zero-order valence-electron chi connectivity index (χ0n) is 8.77. The van der Waals surface area contributed by atoms with Crippen molar-refractivity contribution < 1.29 is 14.6 Å². The van der Waals surface area contributed by atoms with Gasteiger partial charge < -0.3 is 15.6 Å². The van der Waals surface area contributed by atoms with Crippen molar-refractivity contribution in [3.05, 3.63) is 29.3 Å². The molecule has 4 heteroatoms. The number of hydrogen-bond donors (Lipinski definition) is 2. The van der Waals surface area contributed by atoms with Crippen LogP contribution in [0.3, 0.4) is 0 Å². The summed E-state index contributed by atoms with van der Waals surface area (Å²) in [6.07, 6.45) is 1.43. The lowest BCUT2D eigenvalue weighted by molar-refractivity contribution is -0.139. The van der Waals surface area contributed by atoms with Crippen LogP contribution in [0.2, 0.25) is 0 Å². The van der Waals surface area contributed by atoms with Gasteiger partial charge in [0.15, 0.2) is 0 Å². The van der Waals surface area contributed by atoms with Crippen LogP contribution < -0.4 is 10.5 Å². The molecule has 0 bridgehead atoms. The maximum atomic E-state index is 11.0. The molecule has 0 spiro atoms. The first-order chi connectivity index (χ1) is 7.61. The highest BCUT2D eigenvalue weighted by Gasteiger charge is 2.58. The van der Waals surface area contributed by atoms with Crippen molar-refractivity contribution in [2.75, 3.05) is 6.61 Å². The fraction of sp³-hybridized carbons (Fsp3) is 0.417. The summed E-state index contributed by atoms with van der Waals surface area (Å²) in [5.74, 6) is -0.0347. The third kappa shape index (κ3) is 1.23. The highest BCUT2D eigenvalue weighted by molar-refractivity contribution is 5.85. The van der Waals surface area contributed by atoms with Gasteiger partial charge in [-0.25, -0.2) is 0 Å². The SMILES string of the molecule is N[C@@]1(C(=O)O)C[C@H]1c1ccc2c(c1)CCO2. The van der Waals surface area contributed by atoms with Crippen molar-refractivity contribution in [1.82, 2.24) is 0 Å². The molecular weight excluding hydrogens is 206 g/mol. The van der Waals surface area contributed by atoms with Crippen LogP contribution in [0.25, 0.3) is 0 Å². The molecule has 16 heavy (non-hydrogen) atoms. The van der Waals surface area contributed by atoms with Crippen LogP contribution in [0.4, 0.5) is 0 Å². The minimum Gasteiger partial charge on any atom is -0.493 e. The van der Waals surface area contributed by atoms with Crippen LogP contribution in [-0.4, -0.2) is 23.2 Å². The Balaban J connectivity index is 1.90. The number of carbonyl (C=O) groups is 1. The zero-order chi connectivity index (χ0) is 11.3. The van der Waals surface area contributed by atoms with Gasteiger partial charge in [0.1, 0.15) is 11.3 Å². The Morgan fingerprint density at radius 3 is 3.06 bits per heavy atom. The summed E-state index contributed by atoms with van der Waals surface area (Å²) in [5.41, 5.74) is 6.92. The summed E-state index contributed by atoms with van der Waals surface area (Å²) in [4.78, 5) is 11.0. The van der Waals surface area contributed by atoms with E-state index in [0.29, 0.717) is 6.42 Å². The lowest BCUT2D eigenvalue weighted by Gasteiger charge is -2.06. The lowest BCUT2D eigenvalue weighted by Crippen LogP contribution is -2.34. The maximum Gasteiger partial charge on any atom is 0.324 e. The van der Waals surface area contributed by atoms with Crippen molar-refractivity contribution in [2.24, 2.45) is 5.73 Å². The van der Waals surface area contributed by atoms with Crippen LogP contribution in [0.5, 0.6) is 5.75 Å². The fourth-order valence-electron chi connectivity index (χ4n) is 2.35. The van der Waals surface area contributed by atoms with E-state index in [2.05, 4.69) is 0 Å². The fourth-order valence-corrected chi connectivity index (χ4v) is 2.35. The highest BCUT2D eigenvalue weighted by Crippen LogP contribution is 2.50. The van der Waals surface area contributed by atoms with Crippen molar-refractivity contribution in [3.8, 4) is 5.75 Å². The average molecular weight is 219 g/mol. The molecule has 1 fully saturated rings. The average Bonchev–Trinajstić information content (AvgIpc) is 2.75. The van der Waals surface area contributed by atoms with Gasteiger partial charge in [0.2, 0.25) is 0 Å². The molecule has 0 unspecified atom stereocenters. The largest absolute Gasteiger partial charge is 0.493 e.